The smallest absolute Gasteiger partial charge is 0.119 e. The Balaban J connectivity index is 1.50. The Labute approximate surface area is 149 Å². The van der Waals surface area contributed by atoms with Gasteiger partial charge >= 0.3 is 0 Å². The first-order valence-corrected chi connectivity index (χ1v) is 8.75. The summed E-state index contributed by atoms with van der Waals surface area (Å²) in [4.78, 5) is 2.33. The molecule has 2 aromatic rings. The molecule has 1 aliphatic heterocycles. The monoisotopic (exact) mass is 341 g/mol. The number of ether oxygens (including phenoxy) is 2. The van der Waals surface area contributed by atoms with Crippen molar-refractivity contribution in [3.8, 4) is 11.5 Å². The summed E-state index contributed by atoms with van der Waals surface area (Å²) in [6.45, 7) is 3.54. The maximum atomic E-state index is 5.79. The first kappa shape index (κ1) is 17.7. The van der Waals surface area contributed by atoms with Crippen LogP contribution in [0.25, 0.3) is 0 Å². The van der Waals surface area contributed by atoms with Gasteiger partial charge in [0, 0.05) is 25.6 Å². The molecule has 0 amide bonds. The van der Waals surface area contributed by atoms with Crippen molar-refractivity contribution in [1.82, 2.24) is 15.8 Å². The summed E-state index contributed by atoms with van der Waals surface area (Å²) in [6, 6.07) is 18.5. The molecule has 0 saturated carbocycles. The lowest BCUT2D eigenvalue weighted by molar-refractivity contribution is 0.212. The average Bonchev–Trinajstić information content (AvgIpc) is 3.10. The number of nitrogens with one attached hydrogen (secondary N) is 2. The van der Waals surface area contributed by atoms with Gasteiger partial charge in [0.05, 0.1) is 13.2 Å². The zero-order valence-electron chi connectivity index (χ0n) is 14.9. The van der Waals surface area contributed by atoms with Gasteiger partial charge in [-0.1, -0.05) is 30.3 Å². The minimum Gasteiger partial charge on any atom is -0.497 e. The topological polar surface area (TPSA) is 45.8 Å². The van der Waals surface area contributed by atoms with E-state index in [1.165, 1.54) is 5.56 Å². The van der Waals surface area contributed by atoms with Gasteiger partial charge in [-0.3, -0.25) is 5.43 Å². The van der Waals surface area contributed by atoms with Gasteiger partial charge in [-0.15, -0.1) is 0 Å². The van der Waals surface area contributed by atoms with Crippen molar-refractivity contribution in [1.29, 1.82) is 0 Å². The van der Waals surface area contributed by atoms with Gasteiger partial charge in [-0.2, -0.15) is 0 Å². The maximum Gasteiger partial charge on any atom is 0.119 e. The van der Waals surface area contributed by atoms with E-state index in [0.717, 1.165) is 31.1 Å². The molecule has 5 nitrogen and oxygen atoms in total. The SMILES string of the molecule is COc1cccc(C2NNCC2CN(C)CCOc2ccccc2)c1. The molecule has 2 N–H and O–H groups in total. The van der Waals surface area contributed by atoms with Crippen LogP contribution in [0.1, 0.15) is 11.6 Å². The number of para-hydroxylation sites is 1. The summed E-state index contributed by atoms with van der Waals surface area (Å²) in [5.74, 6) is 2.32. The second-order valence-electron chi connectivity index (χ2n) is 6.46. The van der Waals surface area contributed by atoms with E-state index in [-0.39, 0.29) is 6.04 Å². The molecular formula is C20H27N3O2. The molecule has 5 heteroatoms. The lowest BCUT2D eigenvalue weighted by Crippen LogP contribution is -2.33. The van der Waals surface area contributed by atoms with Gasteiger partial charge in [0.25, 0.3) is 0 Å². The Hall–Kier alpha value is -2.08. The Bertz CT molecular complexity index is 650. The highest BCUT2D eigenvalue weighted by molar-refractivity contribution is 5.31. The number of hydrazine groups is 1. The van der Waals surface area contributed by atoms with Crippen molar-refractivity contribution in [3.63, 3.8) is 0 Å². The predicted octanol–water partition coefficient (Wildman–Crippen LogP) is 2.47. The van der Waals surface area contributed by atoms with Crippen LogP contribution in [0.2, 0.25) is 0 Å². The highest BCUT2D eigenvalue weighted by Crippen LogP contribution is 2.27. The fourth-order valence-corrected chi connectivity index (χ4v) is 3.22. The number of methoxy groups -OCH3 is 1. The summed E-state index contributed by atoms with van der Waals surface area (Å²) in [5.41, 5.74) is 7.95. The van der Waals surface area contributed by atoms with Gasteiger partial charge in [0.1, 0.15) is 18.1 Å². The molecule has 0 aromatic heterocycles. The summed E-state index contributed by atoms with van der Waals surface area (Å²) in [7, 11) is 3.85. The van der Waals surface area contributed by atoms with E-state index in [9.17, 15) is 0 Å². The molecule has 1 fully saturated rings. The van der Waals surface area contributed by atoms with E-state index >= 15 is 0 Å². The lowest BCUT2D eigenvalue weighted by atomic mass is 9.94. The summed E-state index contributed by atoms with van der Waals surface area (Å²) < 4.78 is 11.1. The van der Waals surface area contributed by atoms with Gasteiger partial charge in [-0.25, -0.2) is 5.43 Å². The third-order valence-electron chi connectivity index (χ3n) is 4.58. The molecule has 0 spiro atoms. The first-order valence-electron chi connectivity index (χ1n) is 8.75. The van der Waals surface area contributed by atoms with E-state index < -0.39 is 0 Å². The highest BCUT2D eigenvalue weighted by Gasteiger charge is 2.29. The average molecular weight is 341 g/mol. The third kappa shape index (κ3) is 4.95. The molecule has 0 aliphatic carbocycles. The van der Waals surface area contributed by atoms with Crippen LogP contribution in [0.4, 0.5) is 0 Å². The van der Waals surface area contributed by atoms with Crippen LogP contribution in [-0.2, 0) is 0 Å². The zero-order chi connectivity index (χ0) is 17.5. The molecule has 134 valence electrons. The molecule has 1 aliphatic rings. The molecule has 0 bridgehead atoms. The van der Waals surface area contributed by atoms with Gasteiger partial charge < -0.3 is 14.4 Å². The van der Waals surface area contributed by atoms with Crippen LogP contribution < -0.4 is 20.3 Å². The molecule has 0 radical (unpaired) electrons. The van der Waals surface area contributed by atoms with Crippen LogP contribution in [0.15, 0.2) is 54.6 Å². The van der Waals surface area contributed by atoms with Gasteiger partial charge in [0.15, 0.2) is 0 Å². The van der Waals surface area contributed by atoms with Crippen molar-refractivity contribution in [2.45, 2.75) is 6.04 Å². The second kappa shape index (κ2) is 8.85. The predicted molar refractivity (Wildman–Crippen MR) is 99.8 cm³/mol. The Kier molecular flexibility index (Phi) is 6.28. The third-order valence-corrected chi connectivity index (χ3v) is 4.58. The van der Waals surface area contributed by atoms with Crippen molar-refractivity contribution < 1.29 is 9.47 Å². The van der Waals surface area contributed by atoms with Crippen molar-refractivity contribution in [2.24, 2.45) is 5.92 Å². The number of nitrogens with zero attached hydrogens (tertiary/aromatic N) is 1. The first-order chi connectivity index (χ1) is 12.3. The number of hydrogen-bond donors (Lipinski definition) is 2. The number of benzene rings is 2. The number of hydrogen-bond acceptors (Lipinski definition) is 5. The lowest BCUT2D eigenvalue weighted by Gasteiger charge is -2.25. The second-order valence-corrected chi connectivity index (χ2v) is 6.46. The van der Waals surface area contributed by atoms with Crippen LogP contribution >= 0.6 is 0 Å². The van der Waals surface area contributed by atoms with Crippen molar-refractivity contribution >= 4 is 0 Å². The Morgan fingerprint density at radius 3 is 2.68 bits per heavy atom. The molecule has 25 heavy (non-hydrogen) atoms. The van der Waals surface area contributed by atoms with Crippen LogP contribution in [0.5, 0.6) is 11.5 Å². The normalized spacial score (nSPS) is 20.0. The molecule has 2 atom stereocenters. The Morgan fingerprint density at radius 2 is 1.88 bits per heavy atom. The number of likely N-dealkylation sites (N-methyl/N-ethyl adjacent to an activating group) is 1. The summed E-state index contributed by atoms with van der Waals surface area (Å²) >= 11 is 0. The zero-order valence-corrected chi connectivity index (χ0v) is 14.9. The van der Waals surface area contributed by atoms with Crippen LogP contribution in [0.3, 0.4) is 0 Å². The van der Waals surface area contributed by atoms with E-state index in [1.54, 1.807) is 7.11 Å². The minimum atomic E-state index is 0.285. The fourth-order valence-electron chi connectivity index (χ4n) is 3.22. The summed E-state index contributed by atoms with van der Waals surface area (Å²) in [6.07, 6.45) is 0. The quantitative estimate of drug-likeness (QED) is 0.772. The molecule has 2 unspecified atom stereocenters. The van der Waals surface area contributed by atoms with E-state index in [0.29, 0.717) is 12.5 Å². The molecular weight excluding hydrogens is 314 g/mol. The van der Waals surface area contributed by atoms with Crippen molar-refractivity contribution in [3.05, 3.63) is 60.2 Å². The fraction of sp³-hybridized carbons (Fsp3) is 0.400. The van der Waals surface area contributed by atoms with Crippen LogP contribution in [0, 0.1) is 5.92 Å². The maximum absolute atomic E-state index is 5.79. The summed E-state index contributed by atoms with van der Waals surface area (Å²) in [5, 5.41) is 0. The highest BCUT2D eigenvalue weighted by atomic mass is 16.5. The van der Waals surface area contributed by atoms with Gasteiger partial charge in [-0.05, 0) is 36.9 Å². The molecule has 3 rings (SSSR count). The largest absolute Gasteiger partial charge is 0.497 e. The van der Waals surface area contributed by atoms with E-state index in [2.05, 4.69) is 34.9 Å². The van der Waals surface area contributed by atoms with Crippen molar-refractivity contribution in [2.75, 3.05) is 40.4 Å². The van der Waals surface area contributed by atoms with E-state index in [1.807, 2.05) is 42.5 Å². The molecule has 1 heterocycles. The minimum absolute atomic E-state index is 0.285. The van der Waals surface area contributed by atoms with Crippen LogP contribution in [-0.4, -0.2) is 45.3 Å². The standard InChI is InChI=1S/C20H27N3O2/c1-23(11-12-25-18-8-4-3-5-9-18)15-17-14-21-22-20(17)16-7-6-10-19(13-16)24-2/h3-10,13,17,20-22H,11-12,14-15H2,1-2H3. The number of rotatable bonds is 8. The van der Waals surface area contributed by atoms with E-state index in [4.69, 9.17) is 9.47 Å². The molecule has 1 saturated heterocycles. The Morgan fingerprint density at radius 1 is 1.08 bits per heavy atom. The van der Waals surface area contributed by atoms with Gasteiger partial charge in [0.2, 0.25) is 0 Å². The molecule has 2 aromatic carbocycles.